The number of hydrogen-bond acceptors (Lipinski definition) is 2. The lowest BCUT2D eigenvalue weighted by molar-refractivity contribution is -0.487. The van der Waals surface area contributed by atoms with Crippen LogP contribution in [0.4, 0.5) is 11.4 Å². The van der Waals surface area contributed by atoms with E-state index in [1.807, 2.05) is 60.7 Å². The molecule has 0 bridgehead atoms. The van der Waals surface area contributed by atoms with Gasteiger partial charge >= 0.3 is 5.96 Å². The topological polar surface area (TPSA) is 42.7 Å². The molecule has 23 heavy (non-hydrogen) atoms. The highest BCUT2D eigenvalue weighted by Gasteiger charge is 2.25. The first-order chi connectivity index (χ1) is 11.2. The molecule has 118 valence electrons. The first-order valence-corrected chi connectivity index (χ1v) is 7.74. The maximum atomic E-state index is 4.79. The van der Waals surface area contributed by atoms with Crippen molar-refractivity contribution in [2.24, 2.45) is 4.99 Å². The van der Waals surface area contributed by atoms with Crippen LogP contribution < -0.4 is 10.6 Å². The standard InChI is InChI=1S/C18H21N5/c1-22-13-14-23(2)18(22)21-17(19-15-9-5-3-6-10-15)20-16-11-7-4-8-12-16/h3-12H,13-14H2,1-2H3,(H,19,20)/p+1. The molecule has 0 atom stereocenters. The van der Waals surface area contributed by atoms with Crippen molar-refractivity contribution in [3.05, 3.63) is 60.7 Å². The largest absolute Gasteiger partial charge is 0.392 e. The SMILES string of the molecule is CN1CC[N+](C)=C1N=C(Nc1ccccc1)Nc1ccccc1. The van der Waals surface area contributed by atoms with Gasteiger partial charge in [-0.2, -0.15) is 0 Å². The molecule has 0 unspecified atom stereocenters. The summed E-state index contributed by atoms with van der Waals surface area (Å²) in [6.07, 6.45) is 0. The normalized spacial score (nSPS) is 13.9. The molecule has 2 N–H and O–H groups in total. The van der Waals surface area contributed by atoms with Crippen LogP contribution in [0.25, 0.3) is 0 Å². The number of hydrogen-bond donors (Lipinski definition) is 2. The van der Waals surface area contributed by atoms with Crippen LogP contribution in [0.5, 0.6) is 0 Å². The summed E-state index contributed by atoms with van der Waals surface area (Å²) in [7, 11) is 4.12. The van der Waals surface area contributed by atoms with Crippen molar-refractivity contribution in [1.82, 2.24) is 4.90 Å². The molecule has 3 rings (SSSR count). The summed E-state index contributed by atoms with van der Waals surface area (Å²) >= 11 is 0. The lowest BCUT2D eigenvalue weighted by Gasteiger charge is -2.10. The van der Waals surface area contributed by atoms with Crippen LogP contribution in [0.1, 0.15) is 0 Å². The van der Waals surface area contributed by atoms with Gasteiger partial charge in [0.25, 0.3) is 5.96 Å². The molecule has 5 heteroatoms. The van der Waals surface area contributed by atoms with Gasteiger partial charge in [-0.1, -0.05) is 36.4 Å². The van der Waals surface area contributed by atoms with E-state index in [1.165, 1.54) is 0 Å². The molecular weight excluding hydrogens is 286 g/mol. The van der Waals surface area contributed by atoms with Gasteiger partial charge in [0, 0.05) is 11.4 Å². The van der Waals surface area contributed by atoms with Crippen molar-refractivity contribution in [1.29, 1.82) is 0 Å². The molecule has 0 spiro atoms. The molecule has 2 aromatic carbocycles. The van der Waals surface area contributed by atoms with Crippen molar-refractivity contribution in [3.8, 4) is 0 Å². The molecule has 1 heterocycles. The Labute approximate surface area is 137 Å². The molecule has 0 aliphatic carbocycles. The number of nitrogens with one attached hydrogen (secondary N) is 2. The summed E-state index contributed by atoms with van der Waals surface area (Å²) < 4.78 is 2.15. The van der Waals surface area contributed by atoms with Gasteiger partial charge in [-0.15, -0.1) is 0 Å². The van der Waals surface area contributed by atoms with E-state index in [9.17, 15) is 0 Å². The van der Waals surface area contributed by atoms with Gasteiger partial charge in [-0.25, -0.2) is 0 Å². The fourth-order valence-electron chi connectivity index (χ4n) is 2.47. The first-order valence-electron chi connectivity index (χ1n) is 7.74. The van der Waals surface area contributed by atoms with E-state index >= 15 is 0 Å². The quantitative estimate of drug-likeness (QED) is 0.509. The van der Waals surface area contributed by atoms with Gasteiger partial charge in [-0.05, 0) is 29.3 Å². The highest BCUT2D eigenvalue weighted by atomic mass is 15.4. The highest BCUT2D eigenvalue weighted by molar-refractivity contribution is 6.08. The Morgan fingerprint density at radius 1 is 0.957 bits per heavy atom. The second kappa shape index (κ2) is 6.96. The number of aliphatic imine (C=N–C) groups is 1. The molecule has 2 aromatic rings. The number of anilines is 2. The van der Waals surface area contributed by atoms with Crippen LogP contribution in [0.15, 0.2) is 65.7 Å². The smallest absolute Gasteiger partial charge is 0.312 e. The summed E-state index contributed by atoms with van der Waals surface area (Å²) in [6, 6.07) is 20.1. The van der Waals surface area contributed by atoms with Crippen molar-refractivity contribution < 1.29 is 4.58 Å². The molecular formula is C18H22N5+. The van der Waals surface area contributed by atoms with Gasteiger partial charge in [0.05, 0.1) is 27.2 Å². The average molecular weight is 308 g/mol. The van der Waals surface area contributed by atoms with Gasteiger partial charge in [0.1, 0.15) is 0 Å². The minimum absolute atomic E-state index is 0.706. The maximum Gasteiger partial charge on any atom is 0.392 e. The number of rotatable bonds is 2. The fraction of sp³-hybridized carbons (Fsp3) is 0.222. The van der Waals surface area contributed by atoms with Crippen molar-refractivity contribution >= 4 is 23.3 Å². The summed E-state index contributed by atoms with van der Waals surface area (Å²) in [5.41, 5.74) is 2.00. The number of nitrogens with zero attached hydrogens (tertiary/aromatic N) is 3. The lowest BCUT2D eigenvalue weighted by Crippen LogP contribution is -2.29. The molecule has 5 nitrogen and oxygen atoms in total. The average Bonchev–Trinajstić information content (AvgIpc) is 2.89. The summed E-state index contributed by atoms with van der Waals surface area (Å²) in [5, 5.41) is 6.72. The number of guanidine groups is 2. The minimum Gasteiger partial charge on any atom is -0.312 e. The zero-order valence-electron chi connectivity index (χ0n) is 13.5. The highest BCUT2D eigenvalue weighted by Crippen LogP contribution is 2.10. The van der Waals surface area contributed by atoms with Crippen LogP contribution in [-0.2, 0) is 0 Å². The zero-order valence-corrected chi connectivity index (χ0v) is 13.5. The Balaban J connectivity index is 1.88. The molecule has 0 saturated carbocycles. The van der Waals surface area contributed by atoms with Gasteiger partial charge < -0.3 is 10.6 Å². The maximum absolute atomic E-state index is 4.79. The molecule has 1 aliphatic rings. The van der Waals surface area contributed by atoms with Crippen LogP contribution in [0.2, 0.25) is 0 Å². The third-order valence-corrected chi connectivity index (χ3v) is 3.74. The van der Waals surface area contributed by atoms with E-state index in [0.717, 1.165) is 30.4 Å². The molecule has 0 aromatic heterocycles. The first kappa shape index (κ1) is 15.1. The Hall–Kier alpha value is -2.82. The third-order valence-electron chi connectivity index (χ3n) is 3.74. The third kappa shape index (κ3) is 3.88. The monoisotopic (exact) mass is 308 g/mol. The number of benzene rings is 2. The second-order valence-electron chi connectivity index (χ2n) is 5.59. The van der Waals surface area contributed by atoms with Crippen molar-refractivity contribution in [3.63, 3.8) is 0 Å². The van der Waals surface area contributed by atoms with Gasteiger partial charge in [0.2, 0.25) is 0 Å². The van der Waals surface area contributed by atoms with E-state index < -0.39 is 0 Å². The lowest BCUT2D eigenvalue weighted by atomic mass is 10.3. The molecule has 0 radical (unpaired) electrons. The van der Waals surface area contributed by atoms with Crippen LogP contribution >= 0.6 is 0 Å². The Kier molecular flexibility index (Phi) is 4.57. The molecule has 0 saturated heterocycles. The van der Waals surface area contributed by atoms with E-state index in [4.69, 9.17) is 4.99 Å². The molecule has 0 amide bonds. The fourth-order valence-corrected chi connectivity index (χ4v) is 2.47. The van der Waals surface area contributed by atoms with Crippen LogP contribution in [-0.4, -0.2) is 48.6 Å². The predicted octanol–water partition coefficient (Wildman–Crippen LogP) is 2.51. The van der Waals surface area contributed by atoms with Crippen molar-refractivity contribution in [2.75, 3.05) is 37.8 Å². The molecule has 0 fully saturated rings. The van der Waals surface area contributed by atoms with E-state index in [2.05, 4.69) is 34.2 Å². The van der Waals surface area contributed by atoms with Crippen LogP contribution in [0, 0.1) is 0 Å². The Morgan fingerprint density at radius 3 is 1.91 bits per heavy atom. The Morgan fingerprint density at radius 2 is 1.48 bits per heavy atom. The van der Waals surface area contributed by atoms with E-state index in [1.54, 1.807) is 0 Å². The number of likely N-dealkylation sites (N-methyl/N-ethyl adjacent to an activating group) is 2. The Bertz CT molecular complexity index is 663. The summed E-state index contributed by atoms with van der Waals surface area (Å²) in [4.78, 5) is 6.94. The van der Waals surface area contributed by atoms with Gasteiger partial charge in [-0.3, -0.25) is 9.48 Å². The summed E-state index contributed by atoms with van der Waals surface area (Å²) in [6.45, 7) is 1.97. The van der Waals surface area contributed by atoms with E-state index in [-0.39, 0.29) is 0 Å². The van der Waals surface area contributed by atoms with Crippen molar-refractivity contribution in [2.45, 2.75) is 0 Å². The van der Waals surface area contributed by atoms with Crippen LogP contribution in [0.3, 0.4) is 0 Å². The van der Waals surface area contributed by atoms with E-state index in [0.29, 0.717) is 5.96 Å². The zero-order chi connectivity index (χ0) is 16.1. The molecule has 1 aliphatic heterocycles. The summed E-state index contributed by atoms with van der Waals surface area (Å²) in [5.74, 6) is 1.66. The second-order valence-corrected chi connectivity index (χ2v) is 5.59. The van der Waals surface area contributed by atoms with Gasteiger partial charge in [0.15, 0.2) is 0 Å². The minimum atomic E-state index is 0.706. The number of para-hydroxylation sites is 2. The predicted molar refractivity (Wildman–Crippen MR) is 96.3 cm³/mol.